The second-order valence-corrected chi connectivity index (χ2v) is 4.88. The van der Waals surface area contributed by atoms with Crippen LogP contribution in [0.2, 0.25) is 0 Å². The average Bonchev–Trinajstić information content (AvgIpc) is 2.81. The van der Waals surface area contributed by atoms with Crippen molar-refractivity contribution in [2.75, 3.05) is 26.9 Å². The molecule has 1 unspecified atom stereocenters. The van der Waals surface area contributed by atoms with E-state index in [1.165, 1.54) is 4.88 Å². The molecule has 0 bridgehead atoms. The van der Waals surface area contributed by atoms with Gasteiger partial charge in [-0.1, -0.05) is 13.8 Å². The molecule has 1 N–H and O–H groups in total. The summed E-state index contributed by atoms with van der Waals surface area (Å²) in [6.45, 7) is 6.83. The Bertz CT molecular complexity index is 301. The Labute approximate surface area is 108 Å². The second kappa shape index (κ2) is 8.50. The summed E-state index contributed by atoms with van der Waals surface area (Å²) in [4.78, 5) is 1.23. The smallest absolute Gasteiger partial charge is 0.134 e. The summed E-state index contributed by atoms with van der Waals surface area (Å²) in [7, 11) is 1.72. The Morgan fingerprint density at radius 1 is 1.35 bits per heavy atom. The van der Waals surface area contributed by atoms with E-state index in [9.17, 15) is 0 Å². The van der Waals surface area contributed by atoms with Gasteiger partial charge in [0.1, 0.15) is 5.75 Å². The van der Waals surface area contributed by atoms with Crippen molar-refractivity contribution in [1.82, 2.24) is 5.32 Å². The van der Waals surface area contributed by atoms with Crippen LogP contribution in [-0.2, 0) is 4.74 Å². The average molecular weight is 257 g/mol. The van der Waals surface area contributed by atoms with E-state index in [1.807, 2.05) is 6.07 Å². The number of hydrogen-bond donors (Lipinski definition) is 1. The molecular weight excluding hydrogens is 234 g/mol. The quantitative estimate of drug-likeness (QED) is 0.689. The fourth-order valence-electron chi connectivity index (χ4n) is 1.62. The third-order valence-corrected chi connectivity index (χ3v) is 3.48. The van der Waals surface area contributed by atoms with Crippen molar-refractivity contribution < 1.29 is 9.47 Å². The number of rotatable bonds is 9. The topological polar surface area (TPSA) is 30.5 Å². The van der Waals surface area contributed by atoms with E-state index in [0.29, 0.717) is 6.61 Å². The monoisotopic (exact) mass is 257 g/mol. The molecule has 0 radical (unpaired) electrons. The number of ether oxygens (including phenoxy) is 2. The standard InChI is InChI=1S/C13H23NO2S/c1-4-7-14-11(10-16-8-5-2)13-12(15-3)6-9-17-13/h6,9,11,14H,4-5,7-8,10H2,1-3H3. The maximum atomic E-state index is 5.65. The molecule has 0 aromatic carbocycles. The molecule has 0 aliphatic carbocycles. The molecule has 0 saturated carbocycles. The van der Waals surface area contributed by atoms with Gasteiger partial charge in [0.15, 0.2) is 0 Å². The number of hydrogen-bond acceptors (Lipinski definition) is 4. The molecule has 0 saturated heterocycles. The summed E-state index contributed by atoms with van der Waals surface area (Å²) in [5.41, 5.74) is 0. The van der Waals surface area contributed by atoms with Crippen molar-refractivity contribution in [1.29, 1.82) is 0 Å². The molecule has 0 aliphatic rings. The third kappa shape index (κ3) is 4.66. The second-order valence-electron chi connectivity index (χ2n) is 3.93. The van der Waals surface area contributed by atoms with Crippen LogP contribution in [0.4, 0.5) is 0 Å². The first-order chi connectivity index (χ1) is 8.33. The van der Waals surface area contributed by atoms with Gasteiger partial charge in [-0.3, -0.25) is 0 Å². The number of thiophene rings is 1. The highest BCUT2D eigenvalue weighted by Crippen LogP contribution is 2.31. The van der Waals surface area contributed by atoms with Crippen molar-refractivity contribution >= 4 is 11.3 Å². The van der Waals surface area contributed by atoms with Gasteiger partial charge in [-0.2, -0.15) is 0 Å². The first-order valence-electron chi connectivity index (χ1n) is 6.25. The van der Waals surface area contributed by atoms with Crippen LogP contribution in [0.1, 0.15) is 37.6 Å². The molecule has 4 heteroatoms. The Morgan fingerprint density at radius 3 is 2.82 bits per heavy atom. The molecule has 1 aromatic rings. The molecule has 1 rings (SSSR count). The van der Waals surface area contributed by atoms with Crippen molar-refractivity contribution in [3.63, 3.8) is 0 Å². The van der Waals surface area contributed by atoms with Gasteiger partial charge in [-0.25, -0.2) is 0 Å². The van der Waals surface area contributed by atoms with E-state index >= 15 is 0 Å². The van der Waals surface area contributed by atoms with E-state index in [0.717, 1.165) is 31.7 Å². The molecule has 0 aliphatic heterocycles. The van der Waals surface area contributed by atoms with Crippen LogP contribution < -0.4 is 10.1 Å². The van der Waals surface area contributed by atoms with Crippen LogP contribution in [0.5, 0.6) is 5.75 Å². The van der Waals surface area contributed by atoms with Crippen molar-refractivity contribution in [2.45, 2.75) is 32.7 Å². The Kier molecular flexibility index (Phi) is 7.24. The molecule has 0 fully saturated rings. The highest BCUT2D eigenvalue weighted by atomic mass is 32.1. The minimum Gasteiger partial charge on any atom is -0.496 e. The van der Waals surface area contributed by atoms with Gasteiger partial charge in [-0.05, 0) is 30.8 Å². The van der Waals surface area contributed by atoms with Gasteiger partial charge in [-0.15, -0.1) is 11.3 Å². The van der Waals surface area contributed by atoms with Crippen LogP contribution in [0.3, 0.4) is 0 Å². The molecule has 1 atom stereocenters. The molecular formula is C13H23NO2S. The Hall–Kier alpha value is -0.580. The normalized spacial score (nSPS) is 12.6. The Morgan fingerprint density at radius 2 is 2.18 bits per heavy atom. The van der Waals surface area contributed by atoms with E-state index < -0.39 is 0 Å². The summed E-state index contributed by atoms with van der Waals surface area (Å²) in [5, 5.41) is 5.57. The van der Waals surface area contributed by atoms with Crippen LogP contribution in [0.25, 0.3) is 0 Å². The van der Waals surface area contributed by atoms with E-state index in [-0.39, 0.29) is 6.04 Å². The Balaban J connectivity index is 2.60. The van der Waals surface area contributed by atoms with E-state index in [2.05, 4.69) is 24.5 Å². The molecule has 0 spiro atoms. The summed E-state index contributed by atoms with van der Waals surface area (Å²) in [6.07, 6.45) is 2.18. The number of nitrogens with one attached hydrogen (secondary N) is 1. The van der Waals surface area contributed by atoms with Gasteiger partial charge >= 0.3 is 0 Å². The first kappa shape index (κ1) is 14.5. The molecule has 1 heterocycles. The first-order valence-corrected chi connectivity index (χ1v) is 7.13. The highest BCUT2D eigenvalue weighted by Gasteiger charge is 2.17. The minimum absolute atomic E-state index is 0.247. The minimum atomic E-state index is 0.247. The van der Waals surface area contributed by atoms with Crippen molar-refractivity contribution in [2.24, 2.45) is 0 Å². The van der Waals surface area contributed by atoms with Gasteiger partial charge < -0.3 is 14.8 Å². The fraction of sp³-hybridized carbons (Fsp3) is 0.692. The predicted molar refractivity (Wildman–Crippen MR) is 73.0 cm³/mol. The van der Waals surface area contributed by atoms with Crippen LogP contribution in [0.15, 0.2) is 11.4 Å². The zero-order chi connectivity index (χ0) is 12.5. The predicted octanol–water partition coefficient (Wildman–Crippen LogP) is 3.22. The van der Waals surface area contributed by atoms with Crippen LogP contribution in [-0.4, -0.2) is 26.9 Å². The van der Waals surface area contributed by atoms with Crippen LogP contribution in [0, 0.1) is 0 Å². The summed E-state index contributed by atoms with van der Waals surface area (Å²) in [5.74, 6) is 0.962. The zero-order valence-corrected chi connectivity index (χ0v) is 11.8. The number of methoxy groups -OCH3 is 1. The molecule has 17 heavy (non-hydrogen) atoms. The maximum absolute atomic E-state index is 5.65. The SMILES string of the molecule is CCCNC(COCCC)c1sccc1OC. The lowest BCUT2D eigenvalue weighted by atomic mass is 10.2. The summed E-state index contributed by atoms with van der Waals surface area (Å²) in [6, 6.07) is 2.26. The van der Waals surface area contributed by atoms with Gasteiger partial charge in [0, 0.05) is 6.61 Å². The summed E-state index contributed by atoms with van der Waals surface area (Å²) < 4.78 is 11.0. The zero-order valence-electron chi connectivity index (χ0n) is 11.0. The molecule has 0 amide bonds. The lowest BCUT2D eigenvalue weighted by molar-refractivity contribution is 0.112. The van der Waals surface area contributed by atoms with Crippen molar-refractivity contribution in [3.8, 4) is 5.75 Å². The summed E-state index contributed by atoms with van der Waals surface area (Å²) >= 11 is 1.72. The molecule has 3 nitrogen and oxygen atoms in total. The fourth-order valence-corrected chi connectivity index (χ4v) is 2.54. The van der Waals surface area contributed by atoms with Crippen molar-refractivity contribution in [3.05, 3.63) is 16.3 Å². The highest BCUT2D eigenvalue weighted by molar-refractivity contribution is 7.10. The van der Waals surface area contributed by atoms with E-state index in [1.54, 1.807) is 18.4 Å². The molecule has 1 aromatic heterocycles. The molecule has 98 valence electrons. The van der Waals surface area contributed by atoms with Gasteiger partial charge in [0.25, 0.3) is 0 Å². The van der Waals surface area contributed by atoms with Gasteiger partial charge in [0.2, 0.25) is 0 Å². The maximum Gasteiger partial charge on any atom is 0.134 e. The van der Waals surface area contributed by atoms with E-state index in [4.69, 9.17) is 9.47 Å². The lowest BCUT2D eigenvalue weighted by Gasteiger charge is -2.18. The van der Waals surface area contributed by atoms with Crippen LogP contribution >= 0.6 is 11.3 Å². The lowest BCUT2D eigenvalue weighted by Crippen LogP contribution is -2.26. The largest absolute Gasteiger partial charge is 0.496 e. The van der Waals surface area contributed by atoms with Gasteiger partial charge in [0.05, 0.1) is 24.6 Å². The third-order valence-electron chi connectivity index (χ3n) is 2.47.